The van der Waals surface area contributed by atoms with E-state index in [0.29, 0.717) is 5.69 Å². The van der Waals surface area contributed by atoms with Crippen molar-refractivity contribution in [1.82, 2.24) is 14.7 Å². The first-order valence-electron chi connectivity index (χ1n) is 9.99. The molecule has 0 saturated heterocycles. The number of amides is 2. The van der Waals surface area contributed by atoms with Crippen LogP contribution < -0.4 is 10.7 Å². The molecule has 2 amide bonds. The molecule has 0 spiro atoms. The number of carbonyl (C=O) groups is 2. The second-order valence-electron chi connectivity index (χ2n) is 7.33. The zero-order valence-corrected chi connectivity index (χ0v) is 19.3. The van der Waals surface area contributed by atoms with E-state index in [1.54, 1.807) is 12.1 Å². The van der Waals surface area contributed by atoms with Gasteiger partial charge in [-0.1, -0.05) is 24.3 Å². The van der Waals surface area contributed by atoms with Gasteiger partial charge in [0.15, 0.2) is 5.69 Å². The van der Waals surface area contributed by atoms with Crippen LogP contribution in [0.5, 0.6) is 0 Å². The fourth-order valence-electron chi connectivity index (χ4n) is 3.24. The SMILES string of the molecule is CSc1ccccc1NC(=O)CN(C)C(=O)c1nn(-c2ccccc2C(F)(F)F)c(C)cc1=O. The Balaban J connectivity index is 1.88. The quantitative estimate of drug-likeness (QED) is 0.529. The highest BCUT2D eigenvalue weighted by Gasteiger charge is 2.34. The zero-order valence-electron chi connectivity index (χ0n) is 18.5. The Labute approximate surface area is 197 Å². The molecule has 3 rings (SSSR count). The monoisotopic (exact) mass is 490 g/mol. The summed E-state index contributed by atoms with van der Waals surface area (Å²) < 4.78 is 41.4. The highest BCUT2D eigenvalue weighted by atomic mass is 32.2. The third kappa shape index (κ3) is 5.48. The Bertz CT molecular complexity index is 1290. The third-order valence-corrected chi connectivity index (χ3v) is 5.65. The first-order chi connectivity index (χ1) is 16.0. The standard InChI is InChI=1S/C23H21F3N4O3S/c1-14-12-18(31)21(28-30(14)17-10-6-4-8-15(17)23(24,25)26)22(33)29(2)13-20(32)27-16-9-5-7-11-19(16)34-3/h4-12H,13H2,1-3H3,(H,27,32). The number of carbonyl (C=O) groups excluding carboxylic acids is 2. The lowest BCUT2D eigenvalue weighted by atomic mass is 10.1. The summed E-state index contributed by atoms with van der Waals surface area (Å²) in [6.07, 6.45) is -2.81. The van der Waals surface area contributed by atoms with Gasteiger partial charge < -0.3 is 10.2 Å². The molecule has 0 radical (unpaired) electrons. The van der Waals surface area contributed by atoms with Gasteiger partial charge in [-0.3, -0.25) is 14.4 Å². The van der Waals surface area contributed by atoms with E-state index in [-0.39, 0.29) is 11.4 Å². The van der Waals surface area contributed by atoms with E-state index in [4.69, 9.17) is 0 Å². The molecule has 34 heavy (non-hydrogen) atoms. The topological polar surface area (TPSA) is 84.3 Å². The van der Waals surface area contributed by atoms with Gasteiger partial charge in [0.1, 0.15) is 0 Å². The molecule has 1 aromatic heterocycles. The summed E-state index contributed by atoms with van der Waals surface area (Å²) in [5.41, 5.74) is -1.96. The van der Waals surface area contributed by atoms with Crippen molar-refractivity contribution in [2.24, 2.45) is 0 Å². The maximum atomic E-state index is 13.5. The van der Waals surface area contributed by atoms with Crippen LogP contribution in [0.25, 0.3) is 5.69 Å². The van der Waals surface area contributed by atoms with E-state index in [9.17, 15) is 27.6 Å². The lowest BCUT2D eigenvalue weighted by molar-refractivity contribution is -0.137. The van der Waals surface area contributed by atoms with Crippen molar-refractivity contribution in [3.8, 4) is 5.69 Å². The van der Waals surface area contributed by atoms with Gasteiger partial charge >= 0.3 is 6.18 Å². The van der Waals surface area contributed by atoms with Gasteiger partial charge in [0.05, 0.1) is 23.5 Å². The molecule has 0 bridgehead atoms. The summed E-state index contributed by atoms with van der Waals surface area (Å²) in [5, 5.41) is 6.64. The number of nitrogens with zero attached hydrogens (tertiary/aromatic N) is 3. The summed E-state index contributed by atoms with van der Waals surface area (Å²) in [6, 6.07) is 12.9. The van der Waals surface area contributed by atoms with Gasteiger partial charge in [-0.05, 0) is 37.4 Å². The number of halogens is 3. The van der Waals surface area contributed by atoms with Crippen LogP contribution in [-0.4, -0.2) is 46.3 Å². The van der Waals surface area contributed by atoms with Crippen LogP contribution in [0.2, 0.25) is 0 Å². The molecule has 178 valence electrons. The van der Waals surface area contributed by atoms with Crippen LogP contribution in [0, 0.1) is 6.92 Å². The fourth-order valence-corrected chi connectivity index (χ4v) is 3.80. The summed E-state index contributed by atoms with van der Waals surface area (Å²) in [5.74, 6) is -1.40. The van der Waals surface area contributed by atoms with Crippen LogP contribution in [0.4, 0.5) is 18.9 Å². The van der Waals surface area contributed by atoms with Crippen LogP contribution in [0.3, 0.4) is 0 Å². The predicted molar refractivity (Wildman–Crippen MR) is 123 cm³/mol. The van der Waals surface area contributed by atoms with Crippen molar-refractivity contribution in [2.45, 2.75) is 18.0 Å². The van der Waals surface area contributed by atoms with Gasteiger partial charge in [0, 0.05) is 23.7 Å². The maximum absolute atomic E-state index is 13.5. The molecule has 7 nitrogen and oxygen atoms in total. The molecule has 0 aliphatic carbocycles. The summed E-state index contributed by atoms with van der Waals surface area (Å²) >= 11 is 1.44. The second-order valence-corrected chi connectivity index (χ2v) is 8.18. The van der Waals surface area contributed by atoms with Gasteiger partial charge in [-0.2, -0.15) is 18.3 Å². The number of para-hydroxylation sites is 2. The molecule has 0 fully saturated rings. The predicted octanol–water partition coefficient (Wildman–Crippen LogP) is 3.99. The molecule has 3 aromatic rings. The van der Waals surface area contributed by atoms with Crippen molar-refractivity contribution in [1.29, 1.82) is 0 Å². The van der Waals surface area contributed by atoms with Crippen LogP contribution in [-0.2, 0) is 11.0 Å². The summed E-state index contributed by atoms with van der Waals surface area (Å²) in [7, 11) is 1.30. The highest BCUT2D eigenvalue weighted by molar-refractivity contribution is 7.98. The number of anilines is 1. The Kier molecular flexibility index (Phi) is 7.45. The summed E-state index contributed by atoms with van der Waals surface area (Å²) in [4.78, 5) is 39.6. The van der Waals surface area contributed by atoms with Crippen LogP contribution in [0.1, 0.15) is 21.7 Å². The number of thioether (sulfide) groups is 1. The van der Waals surface area contributed by atoms with Crippen molar-refractivity contribution in [2.75, 3.05) is 25.2 Å². The minimum Gasteiger partial charge on any atom is -0.331 e. The largest absolute Gasteiger partial charge is 0.418 e. The van der Waals surface area contributed by atoms with E-state index < -0.39 is 41.2 Å². The first-order valence-corrected chi connectivity index (χ1v) is 11.2. The van der Waals surface area contributed by atoms with E-state index in [2.05, 4.69) is 10.4 Å². The Morgan fingerprint density at radius 2 is 1.76 bits per heavy atom. The molecule has 1 heterocycles. The lowest BCUT2D eigenvalue weighted by Gasteiger charge is -2.19. The average molecular weight is 491 g/mol. The Hall–Kier alpha value is -3.60. The van der Waals surface area contributed by atoms with Crippen molar-refractivity contribution < 1.29 is 22.8 Å². The molecule has 0 atom stereocenters. The molecule has 11 heteroatoms. The van der Waals surface area contributed by atoms with Gasteiger partial charge in [0.2, 0.25) is 11.3 Å². The lowest BCUT2D eigenvalue weighted by Crippen LogP contribution is -2.38. The highest BCUT2D eigenvalue weighted by Crippen LogP contribution is 2.33. The van der Waals surface area contributed by atoms with Gasteiger partial charge in [0.25, 0.3) is 5.91 Å². The zero-order chi connectivity index (χ0) is 25.0. The minimum atomic E-state index is -4.67. The Morgan fingerprint density at radius 3 is 2.44 bits per heavy atom. The van der Waals surface area contributed by atoms with E-state index in [1.807, 2.05) is 18.4 Å². The van der Waals surface area contributed by atoms with Crippen molar-refractivity contribution in [3.63, 3.8) is 0 Å². The molecular weight excluding hydrogens is 469 g/mol. The molecule has 2 aromatic carbocycles. The number of benzene rings is 2. The minimum absolute atomic E-state index is 0.118. The number of aryl methyl sites for hydroxylation is 1. The summed E-state index contributed by atoms with van der Waals surface area (Å²) in [6.45, 7) is 1.02. The van der Waals surface area contributed by atoms with Gasteiger partial charge in [-0.15, -0.1) is 11.8 Å². The van der Waals surface area contributed by atoms with E-state index in [1.165, 1.54) is 43.9 Å². The number of hydrogen-bond donors (Lipinski definition) is 1. The Morgan fingerprint density at radius 1 is 1.12 bits per heavy atom. The number of rotatable bonds is 6. The number of alkyl halides is 3. The number of hydrogen-bond acceptors (Lipinski definition) is 5. The molecular formula is C23H21F3N4O3S. The average Bonchev–Trinajstić information content (AvgIpc) is 2.78. The number of likely N-dealkylation sites (N-methyl/N-ethyl adjacent to an activating group) is 1. The van der Waals surface area contributed by atoms with E-state index in [0.717, 1.165) is 26.6 Å². The van der Waals surface area contributed by atoms with Crippen LogP contribution in [0.15, 0.2) is 64.3 Å². The molecule has 0 unspecified atom stereocenters. The second kappa shape index (κ2) is 10.1. The smallest absolute Gasteiger partial charge is 0.331 e. The van der Waals surface area contributed by atoms with E-state index >= 15 is 0 Å². The van der Waals surface area contributed by atoms with Gasteiger partial charge in [-0.25, -0.2) is 4.68 Å². The molecule has 0 aliphatic rings. The molecule has 0 aliphatic heterocycles. The fraction of sp³-hybridized carbons (Fsp3) is 0.217. The number of aromatic nitrogens is 2. The number of nitrogens with one attached hydrogen (secondary N) is 1. The van der Waals surface area contributed by atoms with Crippen molar-refractivity contribution >= 4 is 29.3 Å². The molecule has 0 saturated carbocycles. The maximum Gasteiger partial charge on any atom is 0.418 e. The molecule has 1 N–H and O–H groups in total. The van der Waals surface area contributed by atoms with Crippen LogP contribution >= 0.6 is 11.8 Å². The first kappa shape index (κ1) is 25.0. The normalized spacial score (nSPS) is 11.2. The van der Waals surface area contributed by atoms with Crippen molar-refractivity contribution in [3.05, 3.63) is 81.8 Å². The third-order valence-electron chi connectivity index (χ3n) is 4.86.